The molecule has 0 fully saturated rings. The third-order valence-corrected chi connectivity index (χ3v) is 4.60. The van der Waals surface area contributed by atoms with Gasteiger partial charge in [-0.05, 0) is 43.3 Å². The molecule has 0 aliphatic heterocycles. The molecular formula is C21H17N7. The molecule has 1 atom stereocenters. The van der Waals surface area contributed by atoms with Gasteiger partial charge in [-0.25, -0.2) is 9.97 Å². The average molecular weight is 367 g/mol. The standard InChI is InChI=1S/C21H17N7/c1-14(21-27-26-18-10-4-5-12-28(18)21)23-20-16-8-2-3-9-17(16)24-19(25-20)15-7-6-11-22-13-15/h2-14H,1H3,(H,23,24,25). The minimum absolute atomic E-state index is 0.0996. The molecule has 4 aromatic heterocycles. The van der Waals surface area contributed by atoms with Crippen LogP contribution in [0.25, 0.3) is 27.9 Å². The molecule has 28 heavy (non-hydrogen) atoms. The summed E-state index contributed by atoms with van der Waals surface area (Å²) < 4.78 is 1.98. The van der Waals surface area contributed by atoms with E-state index in [-0.39, 0.29) is 6.04 Å². The summed E-state index contributed by atoms with van der Waals surface area (Å²) in [6.07, 6.45) is 5.47. The predicted molar refractivity (Wildman–Crippen MR) is 108 cm³/mol. The summed E-state index contributed by atoms with van der Waals surface area (Å²) in [5, 5.41) is 13.0. The summed E-state index contributed by atoms with van der Waals surface area (Å²) in [4.78, 5) is 13.7. The van der Waals surface area contributed by atoms with Crippen LogP contribution in [-0.4, -0.2) is 29.5 Å². The zero-order valence-electron chi connectivity index (χ0n) is 15.2. The summed E-state index contributed by atoms with van der Waals surface area (Å²) in [5.41, 5.74) is 2.56. The topological polar surface area (TPSA) is 80.9 Å². The average Bonchev–Trinajstić information content (AvgIpc) is 3.18. The molecule has 7 heteroatoms. The molecule has 7 nitrogen and oxygen atoms in total. The van der Waals surface area contributed by atoms with Gasteiger partial charge in [0, 0.05) is 29.5 Å². The summed E-state index contributed by atoms with van der Waals surface area (Å²) >= 11 is 0. The lowest BCUT2D eigenvalue weighted by molar-refractivity contribution is 0.769. The molecular weight excluding hydrogens is 350 g/mol. The van der Waals surface area contributed by atoms with Gasteiger partial charge in [0.1, 0.15) is 5.82 Å². The highest BCUT2D eigenvalue weighted by atomic mass is 15.3. The monoisotopic (exact) mass is 367 g/mol. The lowest BCUT2D eigenvalue weighted by atomic mass is 10.2. The van der Waals surface area contributed by atoms with Crippen LogP contribution in [0.1, 0.15) is 18.8 Å². The number of anilines is 1. The van der Waals surface area contributed by atoms with E-state index in [0.29, 0.717) is 5.82 Å². The quantitative estimate of drug-likeness (QED) is 0.519. The first-order valence-corrected chi connectivity index (χ1v) is 9.03. The predicted octanol–water partition coefficient (Wildman–Crippen LogP) is 3.91. The van der Waals surface area contributed by atoms with Gasteiger partial charge >= 0.3 is 0 Å². The smallest absolute Gasteiger partial charge is 0.163 e. The van der Waals surface area contributed by atoms with Gasteiger partial charge in [-0.15, -0.1) is 10.2 Å². The fourth-order valence-corrected chi connectivity index (χ4v) is 3.24. The van der Waals surface area contributed by atoms with E-state index in [4.69, 9.17) is 9.97 Å². The maximum Gasteiger partial charge on any atom is 0.163 e. The number of aromatic nitrogens is 6. The molecule has 5 aromatic rings. The molecule has 0 aliphatic rings. The molecule has 0 radical (unpaired) electrons. The number of hydrogen-bond acceptors (Lipinski definition) is 6. The largest absolute Gasteiger partial charge is 0.360 e. The number of nitrogens with zero attached hydrogens (tertiary/aromatic N) is 6. The van der Waals surface area contributed by atoms with Crippen LogP contribution in [0.15, 0.2) is 73.2 Å². The van der Waals surface area contributed by atoms with Crippen LogP contribution in [0.2, 0.25) is 0 Å². The Morgan fingerprint density at radius 3 is 2.71 bits per heavy atom. The van der Waals surface area contributed by atoms with E-state index in [9.17, 15) is 0 Å². The number of para-hydroxylation sites is 1. The van der Waals surface area contributed by atoms with Crippen molar-refractivity contribution in [2.75, 3.05) is 5.32 Å². The van der Waals surface area contributed by atoms with Crippen molar-refractivity contribution in [3.63, 3.8) is 0 Å². The van der Waals surface area contributed by atoms with E-state index in [2.05, 4.69) is 20.5 Å². The van der Waals surface area contributed by atoms with Crippen molar-refractivity contribution in [3.05, 3.63) is 79.0 Å². The van der Waals surface area contributed by atoms with Gasteiger partial charge < -0.3 is 5.32 Å². The van der Waals surface area contributed by atoms with Gasteiger partial charge in [0.25, 0.3) is 0 Å². The van der Waals surface area contributed by atoms with E-state index in [1.165, 1.54) is 0 Å². The summed E-state index contributed by atoms with van der Waals surface area (Å²) in [6.45, 7) is 2.05. The zero-order valence-corrected chi connectivity index (χ0v) is 15.2. The Morgan fingerprint density at radius 2 is 1.82 bits per heavy atom. The van der Waals surface area contributed by atoms with Crippen molar-refractivity contribution in [1.29, 1.82) is 0 Å². The number of rotatable bonds is 4. The molecule has 4 heterocycles. The number of pyridine rings is 2. The van der Waals surface area contributed by atoms with Crippen LogP contribution in [0.5, 0.6) is 0 Å². The molecule has 0 saturated heterocycles. The highest BCUT2D eigenvalue weighted by Crippen LogP contribution is 2.27. The Hall–Kier alpha value is -3.87. The van der Waals surface area contributed by atoms with Crippen LogP contribution >= 0.6 is 0 Å². The van der Waals surface area contributed by atoms with Crippen LogP contribution in [0.4, 0.5) is 5.82 Å². The lowest BCUT2D eigenvalue weighted by Crippen LogP contribution is -2.12. The summed E-state index contributed by atoms with van der Waals surface area (Å²) in [6, 6.07) is 17.5. The number of benzene rings is 1. The van der Waals surface area contributed by atoms with Crippen molar-refractivity contribution >= 4 is 22.4 Å². The molecule has 0 amide bonds. The highest BCUT2D eigenvalue weighted by molar-refractivity contribution is 5.90. The molecule has 0 saturated carbocycles. The normalized spacial score (nSPS) is 12.3. The van der Waals surface area contributed by atoms with E-state index >= 15 is 0 Å². The molecule has 136 valence electrons. The van der Waals surface area contributed by atoms with E-state index in [1.54, 1.807) is 12.4 Å². The number of hydrogen-bond donors (Lipinski definition) is 1. The Bertz CT molecular complexity index is 1260. The van der Waals surface area contributed by atoms with Crippen LogP contribution in [0, 0.1) is 0 Å². The number of fused-ring (bicyclic) bond motifs is 2. The van der Waals surface area contributed by atoms with Gasteiger partial charge in [-0.2, -0.15) is 0 Å². The zero-order chi connectivity index (χ0) is 18.9. The fraction of sp³-hybridized carbons (Fsp3) is 0.0952. The third-order valence-electron chi connectivity index (χ3n) is 4.60. The first-order chi connectivity index (χ1) is 13.8. The maximum absolute atomic E-state index is 4.78. The van der Waals surface area contributed by atoms with Gasteiger partial charge in [-0.3, -0.25) is 9.38 Å². The highest BCUT2D eigenvalue weighted by Gasteiger charge is 2.16. The minimum atomic E-state index is -0.0996. The Labute approximate surface area is 161 Å². The first-order valence-electron chi connectivity index (χ1n) is 9.03. The minimum Gasteiger partial charge on any atom is -0.360 e. The second-order valence-electron chi connectivity index (χ2n) is 6.51. The SMILES string of the molecule is CC(Nc1nc(-c2cccnc2)nc2ccccc12)c1nnc2ccccn12. The number of nitrogens with one attached hydrogen (secondary N) is 1. The fourth-order valence-electron chi connectivity index (χ4n) is 3.24. The third kappa shape index (κ3) is 2.83. The molecule has 0 aliphatic carbocycles. The Morgan fingerprint density at radius 1 is 0.929 bits per heavy atom. The second kappa shape index (κ2) is 6.70. The molecule has 1 unspecified atom stereocenters. The molecule has 0 spiro atoms. The maximum atomic E-state index is 4.78. The molecule has 1 aromatic carbocycles. The Balaban J connectivity index is 1.59. The lowest BCUT2D eigenvalue weighted by Gasteiger charge is -2.15. The van der Waals surface area contributed by atoms with Crippen LogP contribution in [-0.2, 0) is 0 Å². The van der Waals surface area contributed by atoms with Gasteiger partial charge in [-0.1, -0.05) is 18.2 Å². The van der Waals surface area contributed by atoms with Gasteiger partial charge in [0.15, 0.2) is 17.3 Å². The molecule has 0 bridgehead atoms. The summed E-state index contributed by atoms with van der Waals surface area (Å²) in [7, 11) is 0. The van der Waals surface area contributed by atoms with E-state index in [1.807, 2.05) is 72.1 Å². The second-order valence-corrected chi connectivity index (χ2v) is 6.51. The van der Waals surface area contributed by atoms with Crippen molar-refractivity contribution in [1.82, 2.24) is 29.5 Å². The van der Waals surface area contributed by atoms with E-state index < -0.39 is 0 Å². The molecule has 1 N–H and O–H groups in total. The van der Waals surface area contributed by atoms with Crippen molar-refractivity contribution in [2.24, 2.45) is 0 Å². The van der Waals surface area contributed by atoms with Gasteiger partial charge in [0.05, 0.1) is 11.6 Å². The van der Waals surface area contributed by atoms with E-state index in [0.717, 1.165) is 33.8 Å². The Kier molecular flexibility index (Phi) is 3.90. The van der Waals surface area contributed by atoms with Crippen LogP contribution in [0.3, 0.4) is 0 Å². The van der Waals surface area contributed by atoms with Crippen molar-refractivity contribution < 1.29 is 0 Å². The van der Waals surface area contributed by atoms with Gasteiger partial charge in [0.2, 0.25) is 0 Å². The van der Waals surface area contributed by atoms with Crippen LogP contribution < -0.4 is 5.32 Å². The first kappa shape index (κ1) is 16.3. The van der Waals surface area contributed by atoms with Crippen molar-refractivity contribution in [2.45, 2.75) is 13.0 Å². The molecule has 5 rings (SSSR count). The van der Waals surface area contributed by atoms with Crippen molar-refractivity contribution in [3.8, 4) is 11.4 Å². The summed E-state index contributed by atoms with van der Waals surface area (Å²) in [5.74, 6) is 2.21.